The van der Waals surface area contributed by atoms with Crippen molar-refractivity contribution in [1.82, 2.24) is 14.9 Å². The summed E-state index contributed by atoms with van der Waals surface area (Å²) in [5, 5.41) is 17.4. The summed E-state index contributed by atoms with van der Waals surface area (Å²) in [5.74, 6) is 0.206. The van der Waals surface area contributed by atoms with Gasteiger partial charge in [0.05, 0.1) is 30.7 Å². The summed E-state index contributed by atoms with van der Waals surface area (Å²) in [4.78, 5) is 37.3. The number of likely N-dealkylation sites (tertiary alicyclic amines) is 1. The molecule has 188 valence electrons. The summed E-state index contributed by atoms with van der Waals surface area (Å²) in [5.41, 5.74) is 1.83. The fourth-order valence-electron chi connectivity index (χ4n) is 4.28. The number of aromatic carboxylic acids is 1. The molecule has 0 unspecified atom stereocenters. The first-order chi connectivity index (χ1) is 17.5. The maximum atomic E-state index is 13.0. The molecule has 0 spiro atoms. The number of anilines is 5. The van der Waals surface area contributed by atoms with Crippen LogP contribution in [0.15, 0.2) is 35.8 Å². The van der Waals surface area contributed by atoms with Crippen molar-refractivity contribution < 1.29 is 19.4 Å². The van der Waals surface area contributed by atoms with Crippen LogP contribution < -0.4 is 20.3 Å². The third kappa shape index (κ3) is 5.38. The molecule has 2 aromatic heterocycles. The molecule has 12 heteroatoms. The molecule has 5 rings (SSSR count). The Balaban J connectivity index is 1.34. The summed E-state index contributed by atoms with van der Waals surface area (Å²) in [6.45, 7) is 3.48. The van der Waals surface area contributed by atoms with Gasteiger partial charge in [-0.15, -0.1) is 11.3 Å². The zero-order valence-electron chi connectivity index (χ0n) is 19.4. The largest absolute Gasteiger partial charge is 0.491 e. The number of carboxylic acids is 1. The number of hydrogen-bond acceptors (Lipinski definition) is 9. The summed E-state index contributed by atoms with van der Waals surface area (Å²) in [6.07, 6.45) is 4.46. The van der Waals surface area contributed by atoms with E-state index < -0.39 is 5.97 Å². The van der Waals surface area contributed by atoms with Crippen LogP contribution in [-0.4, -0.2) is 64.6 Å². The first kappa shape index (κ1) is 24.3. The number of rotatable bonds is 7. The van der Waals surface area contributed by atoms with Crippen LogP contribution in [0.3, 0.4) is 0 Å². The number of nitrogens with zero attached hydrogens (tertiary/aromatic N) is 4. The lowest BCUT2D eigenvalue weighted by molar-refractivity contribution is -0.119. The van der Waals surface area contributed by atoms with E-state index in [1.165, 1.54) is 6.20 Å². The van der Waals surface area contributed by atoms with E-state index in [0.717, 1.165) is 49.4 Å². The van der Waals surface area contributed by atoms with Crippen molar-refractivity contribution in [2.75, 3.05) is 48.3 Å². The van der Waals surface area contributed by atoms with E-state index in [1.54, 1.807) is 11.4 Å². The molecule has 3 aromatic rings. The Morgan fingerprint density at radius 1 is 1.14 bits per heavy atom. The summed E-state index contributed by atoms with van der Waals surface area (Å²) in [6, 6.07) is 7.18. The van der Waals surface area contributed by atoms with Crippen LogP contribution in [0, 0.1) is 0 Å². The van der Waals surface area contributed by atoms with E-state index in [4.69, 9.17) is 16.3 Å². The van der Waals surface area contributed by atoms with Crippen molar-refractivity contribution in [3.63, 3.8) is 0 Å². The molecule has 10 nitrogen and oxygen atoms in total. The maximum absolute atomic E-state index is 13.0. The van der Waals surface area contributed by atoms with E-state index in [-0.39, 0.29) is 27.6 Å². The molecule has 2 aliphatic heterocycles. The average Bonchev–Trinajstić information content (AvgIpc) is 3.49. The van der Waals surface area contributed by atoms with Crippen molar-refractivity contribution in [3.05, 3.63) is 45.7 Å². The zero-order valence-corrected chi connectivity index (χ0v) is 20.9. The number of fused-ring (bicyclic) bond motifs is 1. The minimum atomic E-state index is -1.03. The van der Waals surface area contributed by atoms with E-state index in [0.29, 0.717) is 36.8 Å². The second-order valence-corrected chi connectivity index (χ2v) is 9.85. The van der Waals surface area contributed by atoms with Crippen LogP contribution >= 0.6 is 22.9 Å². The molecule has 1 saturated heterocycles. The minimum absolute atomic E-state index is 0.0790. The van der Waals surface area contributed by atoms with Crippen molar-refractivity contribution in [2.24, 2.45) is 0 Å². The van der Waals surface area contributed by atoms with Gasteiger partial charge in [-0.05, 0) is 55.9 Å². The highest BCUT2D eigenvalue weighted by atomic mass is 35.5. The second-order valence-electron chi connectivity index (χ2n) is 8.52. The minimum Gasteiger partial charge on any atom is -0.491 e. The molecule has 3 N–H and O–H groups in total. The zero-order chi connectivity index (χ0) is 25.1. The third-order valence-electron chi connectivity index (χ3n) is 6.01. The number of nitrogens with one attached hydrogen (secondary N) is 2. The second kappa shape index (κ2) is 10.7. The third-order valence-corrected chi connectivity index (χ3v) is 7.18. The number of hydrogen-bond donors (Lipinski definition) is 3. The Labute approximate surface area is 216 Å². The van der Waals surface area contributed by atoms with Gasteiger partial charge in [0.15, 0.2) is 5.82 Å². The Hall–Kier alpha value is -3.41. The number of ether oxygens (including phenoxy) is 1. The fourth-order valence-corrected chi connectivity index (χ4v) is 5.10. The van der Waals surface area contributed by atoms with Crippen molar-refractivity contribution >= 4 is 63.6 Å². The monoisotopic (exact) mass is 528 g/mol. The number of carboxylic acid groups (broad SMARTS) is 1. The van der Waals surface area contributed by atoms with Crippen LogP contribution in [0.4, 0.5) is 28.8 Å². The lowest BCUT2D eigenvalue weighted by Gasteiger charge is -2.25. The quantitative estimate of drug-likeness (QED) is 0.404. The topological polar surface area (TPSA) is 120 Å². The van der Waals surface area contributed by atoms with Gasteiger partial charge < -0.3 is 25.4 Å². The molecule has 4 heterocycles. The van der Waals surface area contributed by atoms with Crippen LogP contribution in [0.5, 0.6) is 5.75 Å². The van der Waals surface area contributed by atoms with E-state index in [1.807, 2.05) is 23.1 Å². The van der Waals surface area contributed by atoms with Crippen molar-refractivity contribution in [1.29, 1.82) is 0 Å². The first-order valence-electron chi connectivity index (χ1n) is 11.6. The van der Waals surface area contributed by atoms with Gasteiger partial charge in [0.2, 0.25) is 11.9 Å². The van der Waals surface area contributed by atoms with Gasteiger partial charge in [0, 0.05) is 18.3 Å². The molecule has 1 aromatic carbocycles. The molecular weight excluding hydrogens is 504 g/mol. The highest BCUT2D eigenvalue weighted by Crippen LogP contribution is 2.35. The molecule has 0 bridgehead atoms. The van der Waals surface area contributed by atoms with Gasteiger partial charge in [0.1, 0.15) is 15.6 Å². The number of carbonyl (C=O) groups excluding carboxylic acids is 1. The number of benzene rings is 1. The molecular formula is C24H25ClN6O4S. The Morgan fingerprint density at radius 3 is 2.78 bits per heavy atom. The lowest BCUT2D eigenvalue weighted by atomic mass is 10.2. The van der Waals surface area contributed by atoms with Crippen molar-refractivity contribution in [2.45, 2.75) is 19.3 Å². The normalized spacial score (nSPS) is 15.6. The van der Waals surface area contributed by atoms with Gasteiger partial charge in [0.25, 0.3) is 0 Å². The van der Waals surface area contributed by atoms with Crippen LogP contribution in [0.25, 0.3) is 0 Å². The van der Waals surface area contributed by atoms with Gasteiger partial charge in [-0.25, -0.2) is 9.78 Å². The van der Waals surface area contributed by atoms with Gasteiger partial charge >= 0.3 is 5.97 Å². The number of aromatic nitrogens is 2. The van der Waals surface area contributed by atoms with Crippen LogP contribution in [-0.2, 0) is 4.79 Å². The Kier molecular flexibility index (Phi) is 7.21. The smallest absolute Gasteiger partial charge is 0.348 e. The highest BCUT2D eigenvalue weighted by Gasteiger charge is 2.25. The lowest BCUT2D eigenvalue weighted by Crippen LogP contribution is -2.39. The van der Waals surface area contributed by atoms with Crippen LogP contribution in [0.2, 0.25) is 5.02 Å². The molecule has 36 heavy (non-hydrogen) atoms. The van der Waals surface area contributed by atoms with E-state index in [9.17, 15) is 14.7 Å². The molecule has 0 atom stereocenters. The van der Waals surface area contributed by atoms with Gasteiger partial charge in [-0.3, -0.25) is 9.69 Å². The summed E-state index contributed by atoms with van der Waals surface area (Å²) in [7, 11) is 0. The Morgan fingerprint density at radius 2 is 1.97 bits per heavy atom. The molecule has 1 amide bonds. The first-order valence-corrected chi connectivity index (χ1v) is 12.9. The summed E-state index contributed by atoms with van der Waals surface area (Å²) < 4.78 is 5.95. The van der Waals surface area contributed by atoms with Crippen molar-refractivity contribution in [3.8, 4) is 5.75 Å². The molecule has 0 aliphatic carbocycles. The van der Waals surface area contributed by atoms with E-state index in [2.05, 4.69) is 25.5 Å². The number of carbonyl (C=O) groups is 2. The van der Waals surface area contributed by atoms with Gasteiger partial charge in [-0.2, -0.15) is 4.98 Å². The molecule has 0 saturated carbocycles. The van der Waals surface area contributed by atoms with Crippen LogP contribution in [0.1, 0.15) is 28.9 Å². The van der Waals surface area contributed by atoms with E-state index >= 15 is 0 Å². The maximum Gasteiger partial charge on any atom is 0.348 e. The SMILES string of the molecule is O=C(O)c1sccc1Nc1nc(Nc2ccc3c(c2)OCCCN3C(=O)CN2CCCC2)ncc1Cl. The molecule has 1 fully saturated rings. The summed E-state index contributed by atoms with van der Waals surface area (Å²) >= 11 is 7.35. The molecule has 2 aliphatic rings. The number of halogens is 1. The fraction of sp³-hybridized carbons (Fsp3) is 0.333. The average molecular weight is 529 g/mol. The number of amides is 1. The Bertz CT molecular complexity index is 1280. The van der Waals surface area contributed by atoms with Gasteiger partial charge in [-0.1, -0.05) is 11.6 Å². The molecule has 0 radical (unpaired) electrons. The number of thiophene rings is 1. The standard InChI is InChI=1S/C24H25ClN6O4S/c25-16-13-26-24(29-22(16)28-17-6-11-36-21(17)23(33)34)27-15-4-5-18-19(12-15)35-10-3-9-31(18)20(32)14-30-7-1-2-8-30/h4-6,11-13H,1-3,7-10,14H2,(H,33,34)(H2,26,27,28,29). The predicted molar refractivity (Wildman–Crippen MR) is 139 cm³/mol. The highest BCUT2D eigenvalue weighted by molar-refractivity contribution is 7.12. The predicted octanol–water partition coefficient (Wildman–Crippen LogP) is 4.59.